The van der Waals surface area contributed by atoms with Crippen molar-refractivity contribution in [1.29, 1.82) is 0 Å². The Balaban J connectivity index is 1.87. The van der Waals surface area contributed by atoms with Crippen LogP contribution in [0.1, 0.15) is 32.1 Å². The predicted octanol–water partition coefficient (Wildman–Crippen LogP) is 2.93. The van der Waals surface area contributed by atoms with Crippen molar-refractivity contribution in [2.45, 2.75) is 32.1 Å². The summed E-state index contributed by atoms with van der Waals surface area (Å²) in [5.41, 5.74) is 5.29. The molecule has 0 radical (unpaired) electrons. The summed E-state index contributed by atoms with van der Waals surface area (Å²) >= 11 is 0. The lowest BCUT2D eigenvalue weighted by molar-refractivity contribution is 0.516. The van der Waals surface area contributed by atoms with Crippen LogP contribution in [0.3, 0.4) is 0 Å². The van der Waals surface area contributed by atoms with Gasteiger partial charge in [-0.1, -0.05) is 25.7 Å². The van der Waals surface area contributed by atoms with E-state index >= 15 is 0 Å². The smallest absolute Gasteiger partial charge is 0.168 e. The molecule has 0 bridgehead atoms. The van der Waals surface area contributed by atoms with Crippen molar-refractivity contribution in [2.75, 3.05) is 17.6 Å². The molecule has 1 heterocycles. The maximum atomic E-state index is 13.3. The Morgan fingerprint density at radius 3 is 2.71 bits per heavy atom. The van der Waals surface area contributed by atoms with Gasteiger partial charge in [-0.2, -0.15) is 0 Å². The topological polar surface area (TPSA) is 50.9 Å². The minimum absolute atomic E-state index is 0.0434. The van der Waals surface area contributed by atoms with E-state index in [2.05, 4.69) is 10.3 Å². The fourth-order valence-electron chi connectivity index (χ4n) is 2.30. The average molecular weight is 241 g/mol. The molecule has 0 atom stereocenters. The number of hydrogen-bond donors (Lipinski definition) is 2. The molecule has 0 spiro atoms. The standard InChI is InChI=1S/C12H17F2N3/c13-9-7-10(14)12(17-11(9)15)16-6-5-8-3-1-2-4-8/h7-8H,1-6H2,(H3,15,16,17). The van der Waals surface area contributed by atoms with Gasteiger partial charge in [0, 0.05) is 12.6 Å². The monoisotopic (exact) mass is 241 g/mol. The molecule has 1 saturated carbocycles. The zero-order valence-electron chi connectivity index (χ0n) is 9.68. The largest absolute Gasteiger partial charge is 0.381 e. The lowest BCUT2D eigenvalue weighted by atomic mass is 10.0. The Kier molecular flexibility index (Phi) is 3.76. The van der Waals surface area contributed by atoms with Gasteiger partial charge in [0.1, 0.15) is 0 Å². The Morgan fingerprint density at radius 2 is 2.00 bits per heavy atom. The summed E-state index contributed by atoms with van der Waals surface area (Å²) < 4.78 is 26.2. The molecule has 0 amide bonds. The van der Waals surface area contributed by atoms with Crippen molar-refractivity contribution in [3.63, 3.8) is 0 Å². The first-order chi connectivity index (χ1) is 8.16. The molecule has 94 valence electrons. The van der Waals surface area contributed by atoms with E-state index in [-0.39, 0.29) is 11.6 Å². The van der Waals surface area contributed by atoms with Gasteiger partial charge in [0.15, 0.2) is 23.3 Å². The van der Waals surface area contributed by atoms with Gasteiger partial charge < -0.3 is 11.1 Å². The summed E-state index contributed by atoms with van der Waals surface area (Å²) in [6.07, 6.45) is 6.09. The molecule has 1 aromatic heterocycles. The van der Waals surface area contributed by atoms with Crippen LogP contribution in [0, 0.1) is 17.6 Å². The van der Waals surface area contributed by atoms with Crippen LogP contribution in [0.25, 0.3) is 0 Å². The summed E-state index contributed by atoms with van der Waals surface area (Å²) in [6, 6.07) is 0.764. The normalized spacial score (nSPS) is 16.4. The quantitative estimate of drug-likeness (QED) is 0.852. The number of nitrogens with one attached hydrogen (secondary N) is 1. The average Bonchev–Trinajstić information content (AvgIpc) is 2.78. The molecular formula is C12H17F2N3. The first kappa shape index (κ1) is 12.1. The number of nitrogens with two attached hydrogens (primary N) is 1. The Labute approximate surface area is 99.4 Å². The van der Waals surface area contributed by atoms with Crippen molar-refractivity contribution in [1.82, 2.24) is 4.98 Å². The highest BCUT2D eigenvalue weighted by atomic mass is 19.1. The van der Waals surface area contributed by atoms with Gasteiger partial charge in [-0.15, -0.1) is 0 Å². The van der Waals surface area contributed by atoms with E-state index < -0.39 is 11.6 Å². The van der Waals surface area contributed by atoms with Gasteiger partial charge in [0.25, 0.3) is 0 Å². The summed E-state index contributed by atoms with van der Waals surface area (Å²) in [5, 5.41) is 2.88. The predicted molar refractivity (Wildman–Crippen MR) is 63.6 cm³/mol. The summed E-state index contributed by atoms with van der Waals surface area (Å²) in [7, 11) is 0. The maximum Gasteiger partial charge on any atom is 0.168 e. The molecule has 0 aromatic carbocycles. The van der Waals surface area contributed by atoms with Crippen molar-refractivity contribution < 1.29 is 8.78 Å². The van der Waals surface area contributed by atoms with Gasteiger partial charge in [-0.05, 0) is 12.3 Å². The van der Waals surface area contributed by atoms with Gasteiger partial charge in [-0.25, -0.2) is 13.8 Å². The number of pyridine rings is 1. The molecule has 3 N–H and O–H groups in total. The van der Waals surface area contributed by atoms with Crippen LogP contribution in [0.2, 0.25) is 0 Å². The molecule has 0 aliphatic heterocycles. The third-order valence-electron chi connectivity index (χ3n) is 3.28. The number of halogens is 2. The fourth-order valence-corrected chi connectivity index (χ4v) is 2.30. The SMILES string of the molecule is Nc1nc(NCCC2CCCC2)c(F)cc1F. The van der Waals surface area contributed by atoms with Crippen LogP contribution >= 0.6 is 0 Å². The van der Waals surface area contributed by atoms with Crippen LogP contribution in [0.5, 0.6) is 0 Å². The first-order valence-electron chi connectivity index (χ1n) is 6.02. The number of nitrogen functional groups attached to an aromatic ring is 1. The molecule has 2 rings (SSSR count). The number of nitrogens with zero attached hydrogens (tertiary/aromatic N) is 1. The van der Waals surface area contributed by atoms with Crippen molar-refractivity contribution in [3.05, 3.63) is 17.7 Å². The highest BCUT2D eigenvalue weighted by Gasteiger charge is 2.15. The van der Waals surface area contributed by atoms with Crippen LogP contribution in [0.15, 0.2) is 6.07 Å². The summed E-state index contributed by atoms with van der Waals surface area (Å²) in [6.45, 7) is 0.652. The minimum Gasteiger partial charge on any atom is -0.381 e. The van der Waals surface area contributed by atoms with Gasteiger partial charge in [0.2, 0.25) is 0 Å². The van der Waals surface area contributed by atoms with Crippen LogP contribution in [-0.2, 0) is 0 Å². The van der Waals surface area contributed by atoms with E-state index in [0.29, 0.717) is 6.54 Å². The zero-order chi connectivity index (χ0) is 12.3. The van der Waals surface area contributed by atoms with Crippen LogP contribution in [0.4, 0.5) is 20.4 Å². The first-order valence-corrected chi connectivity index (χ1v) is 6.02. The molecular weight excluding hydrogens is 224 g/mol. The van der Waals surface area contributed by atoms with Gasteiger partial charge in [-0.3, -0.25) is 0 Å². The molecule has 5 heteroatoms. The molecule has 1 aliphatic carbocycles. The lowest BCUT2D eigenvalue weighted by Gasteiger charge is -2.11. The number of rotatable bonds is 4. The highest BCUT2D eigenvalue weighted by Crippen LogP contribution is 2.27. The third kappa shape index (κ3) is 3.05. The maximum absolute atomic E-state index is 13.3. The van der Waals surface area contributed by atoms with Gasteiger partial charge >= 0.3 is 0 Å². The second-order valence-corrected chi connectivity index (χ2v) is 4.55. The Hall–Kier alpha value is -1.39. The molecule has 1 aromatic rings. The Morgan fingerprint density at radius 1 is 1.29 bits per heavy atom. The fraction of sp³-hybridized carbons (Fsp3) is 0.583. The van der Waals surface area contributed by atoms with E-state index in [9.17, 15) is 8.78 Å². The van der Waals surface area contributed by atoms with E-state index in [1.165, 1.54) is 25.7 Å². The van der Waals surface area contributed by atoms with Crippen molar-refractivity contribution in [2.24, 2.45) is 5.92 Å². The lowest BCUT2D eigenvalue weighted by Crippen LogP contribution is -2.10. The minimum atomic E-state index is -0.816. The third-order valence-corrected chi connectivity index (χ3v) is 3.28. The number of hydrogen-bond acceptors (Lipinski definition) is 3. The summed E-state index contributed by atoms with van der Waals surface area (Å²) in [5.74, 6) is -1.01. The second-order valence-electron chi connectivity index (χ2n) is 4.55. The van der Waals surface area contributed by atoms with Gasteiger partial charge in [0.05, 0.1) is 0 Å². The summed E-state index contributed by atoms with van der Waals surface area (Å²) in [4.78, 5) is 3.65. The Bertz CT molecular complexity index is 390. The molecule has 1 fully saturated rings. The number of aromatic nitrogens is 1. The van der Waals surface area contributed by atoms with E-state index in [0.717, 1.165) is 18.4 Å². The van der Waals surface area contributed by atoms with Crippen LogP contribution < -0.4 is 11.1 Å². The molecule has 1 aliphatic rings. The van der Waals surface area contributed by atoms with E-state index in [1.807, 2.05) is 0 Å². The second kappa shape index (κ2) is 5.29. The van der Waals surface area contributed by atoms with E-state index in [1.54, 1.807) is 0 Å². The molecule has 0 unspecified atom stereocenters. The molecule has 0 saturated heterocycles. The van der Waals surface area contributed by atoms with Crippen LogP contribution in [-0.4, -0.2) is 11.5 Å². The molecule has 3 nitrogen and oxygen atoms in total. The van der Waals surface area contributed by atoms with E-state index in [4.69, 9.17) is 5.73 Å². The molecule has 17 heavy (non-hydrogen) atoms. The highest BCUT2D eigenvalue weighted by molar-refractivity contribution is 5.44. The zero-order valence-corrected chi connectivity index (χ0v) is 9.68. The van der Waals surface area contributed by atoms with Crippen molar-refractivity contribution >= 4 is 11.6 Å². The van der Waals surface area contributed by atoms with Crippen molar-refractivity contribution in [3.8, 4) is 0 Å². The number of anilines is 2.